The predicted molar refractivity (Wildman–Crippen MR) is 44.6 cm³/mol. The van der Waals surface area contributed by atoms with Crippen molar-refractivity contribution < 1.29 is 10.2 Å². The van der Waals surface area contributed by atoms with Gasteiger partial charge in [0.1, 0.15) is 0 Å². The lowest BCUT2D eigenvalue weighted by Crippen LogP contribution is -2.51. The van der Waals surface area contributed by atoms with Crippen LogP contribution in [0.5, 0.6) is 0 Å². The molecule has 5 aliphatic rings. The molecule has 70 valence electrons. The van der Waals surface area contributed by atoms with E-state index < -0.39 is 0 Å². The maximum absolute atomic E-state index is 10.1. The van der Waals surface area contributed by atoms with Crippen molar-refractivity contribution in [1.29, 1.82) is 0 Å². The molecule has 5 fully saturated rings. The van der Waals surface area contributed by atoms with Gasteiger partial charge in [-0.15, -0.1) is 0 Å². The average molecular weight is 178 g/mol. The third-order valence-corrected chi connectivity index (χ3v) is 6.32. The Morgan fingerprint density at radius 3 is 1.54 bits per heavy atom. The summed E-state index contributed by atoms with van der Waals surface area (Å²) in [6, 6.07) is 0. The Bertz CT molecular complexity index is 281. The summed E-state index contributed by atoms with van der Waals surface area (Å²) in [4.78, 5) is 0. The number of rotatable bonds is 0. The van der Waals surface area contributed by atoms with Gasteiger partial charge < -0.3 is 10.2 Å². The molecule has 0 aromatic heterocycles. The van der Waals surface area contributed by atoms with Crippen LogP contribution in [0.25, 0.3) is 0 Å². The molecular weight excluding hydrogens is 164 g/mol. The van der Waals surface area contributed by atoms with Gasteiger partial charge in [-0.1, -0.05) is 0 Å². The standard InChI is InChI=1S/C11H14O2/c12-10-6-2-1-3-5-4(2)8(10)9(5)11(13)7(3)6/h2-13H,1H2/t2-,3-,4+,5?,6-,7-,8+,9-,10-,11-/m1/s1. The topological polar surface area (TPSA) is 40.5 Å². The van der Waals surface area contributed by atoms with Crippen molar-refractivity contribution in [2.45, 2.75) is 18.6 Å². The zero-order chi connectivity index (χ0) is 8.48. The minimum absolute atomic E-state index is 0.0304. The van der Waals surface area contributed by atoms with Crippen LogP contribution in [0.4, 0.5) is 0 Å². The van der Waals surface area contributed by atoms with E-state index in [1.54, 1.807) is 0 Å². The second-order valence-corrected chi connectivity index (χ2v) is 6.01. The molecule has 0 saturated heterocycles. The normalized spacial score (nSPS) is 85.4. The Hall–Kier alpha value is -0.0800. The molecule has 2 bridgehead atoms. The molecular formula is C11H14O2. The second kappa shape index (κ2) is 1.49. The van der Waals surface area contributed by atoms with Crippen molar-refractivity contribution in [2.24, 2.45) is 47.3 Å². The van der Waals surface area contributed by atoms with Crippen molar-refractivity contribution in [3.05, 3.63) is 0 Å². The van der Waals surface area contributed by atoms with Crippen molar-refractivity contribution in [2.75, 3.05) is 0 Å². The van der Waals surface area contributed by atoms with Crippen molar-refractivity contribution >= 4 is 0 Å². The lowest BCUT2D eigenvalue weighted by Gasteiger charge is -2.47. The molecule has 0 aliphatic heterocycles. The summed E-state index contributed by atoms with van der Waals surface area (Å²) in [7, 11) is 0. The molecule has 0 aromatic carbocycles. The van der Waals surface area contributed by atoms with Gasteiger partial charge in [0, 0.05) is 0 Å². The van der Waals surface area contributed by atoms with E-state index in [-0.39, 0.29) is 12.2 Å². The third-order valence-electron chi connectivity index (χ3n) is 6.32. The molecule has 5 aliphatic carbocycles. The Labute approximate surface area is 76.9 Å². The third kappa shape index (κ3) is 0.375. The lowest BCUT2D eigenvalue weighted by molar-refractivity contribution is -0.109. The van der Waals surface area contributed by atoms with Gasteiger partial charge in [-0.3, -0.25) is 0 Å². The second-order valence-electron chi connectivity index (χ2n) is 6.01. The van der Waals surface area contributed by atoms with Crippen molar-refractivity contribution in [3.63, 3.8) is 0 Å². The summed E-state index contributed by atoms with van der Waals surface area (Å²) in [6.07, 6.45) is 1.28. The van der Waals surface area contributed by atoms with Crippen LogP contribution < -0.4 is 0 Å². The molecule has 0 heterocycles. The average Bonchev–Trinajstić information content (AvgIpc) is 2.52. The fourth-order valence-electron chi connectivity index (χ4n) is 6.44. The summed E-state index contributed by atoms with van der Waals surface area (Å²) in [5, 5.41) is 20.2. The first kappa shape index (κ1) is 6.41. The minimum atomic E-state index is -0.0304. The summed E-state index contributed by atoms with van der Waals surface area (Å²) in [5.74, 6) is 5.33. The quantitative estimate of drug-likeness (QED) is 0.552. The lowest BCUT2D eigenvalue weighted by atomic mass is 9.58. The Morgan fingerprint density at radius 1 is 0.615 bits per heavy atom. The molecule has 2 heteroatoms. The van der Waals surface area contributed by atoms with Gasteiger partial charge in [-0.05, 0) is 53.8 Å². The van der Waals surface area contributed by atoms with Crippen molar-refractivity contribution in [1.82, 2.24) is 0 Å². The highest BCUT2D eigenvalue weighted by molar-refractivity contribution is 5.30. The summed E-state index contributed by atoms with van der Waals surface area (Å²) in [6.45, 7) is 0. The number of fused-ring (bicyclic) bond motifs is 2. The van der Waals surface area contributed by atoms with E-state index in [2.05, 4.69) is 0 Å². The first-order chi connectivity index (χ1) is 6.30. The van der Waals surface area contributed by atoms with Gasteiger partial charge in [-0.2, -0.15) is 0 Å². The zero-order valence-corrected chi connectivity index (χ0v) is 7.38. The van der Waals surface area contributed by atoms with Crippen LogP contribution in [-0.2, 0) is 0 Å². The van der Waals surface area contributed by atoms with E-state index >= 15 is 0 Å². The van der Waals surface area contributed by atoms with Crippen LogP contribution >= 0.6 is 0 Å². The molecule has 5 saturated carbocycles. The fourth-order valence-corrected chi connectivity index (χ4v) is 6.44. The zero-order valence-electron chi connectivity index (χ0n) is 7.38. The predicted octanol–water partition coefficient (Wildman–Crippen LogP) is 0.0959. The Kier molecular flexibility index (Phi) is 0.733. The highest BCUT2D eigenvalue weighted by Gasteiger charge is 2.83. The van der Waals surface area contributed by atoms with E-state index in [1.165, 1.54) is 6.42 Å². The molecule has 5 rings (SSSR count). The minimum Gasteiger partial charge on any atom is -0.393 e. The highest BCUT2D eigenvalue weighted by Crippen LogP contribution is 2.82. The van der Waals surface area contributed by atoms with Crippen LogP contribution in [0.15, 0.2) is 0 Å². The summed E-state index contributed by atoms with van der Waals surface area (Å²) >= 11 is 0. The van der Waals surface area contributed by atoms with Crippen LogP contribution in [0.3, 0.4) is 0 Å². The Morgan fingerprint density at radius 2 is 1.08 bits per heavy atom. The van der Waals surface area contributed by atoms with Crippen LogP contribution in [0, 0.1) is 47.3 Å². The largest absolute Gasteiger partial charge is 0.393 e. The number of aliphatic hydroxyl groups excluding tert-OH is 2. The van der Waals surface area contributed by atoms with Gasteiger partial charge >= 0.3 is 0 Å². The first-order valence-corrected chi connectivity index (χ1v) is 5.67. The van der Waals surface area contributed by atoms with E-state index in [0.717, 1.165) is 23.7 Å². The molecule has 0 spiro atoms. The molecule has 1 unspecified atom stereocenters. The van der Waals surface area contributed by atoms with E-state index in [0.29, 0.717) is 23.7 Å². The molecule has 2 nitrogen and oxygen atoms in total. The van der Waals surface area contributed by atoms with Crippen LogP contribution in [0.2, 0.25) is 0 Å². The monoisotopic (exact) mass is 178 g/mol. The summed E-state index contributed by atoms with van der Waals surface area (Å²) in [5.41, 5.74) is 0. The maximum atomic E-state index is 10.1. The van der Waals surface area contributed by atoms with Gasteiger partial charge in [0.05, 0.1) is 12.2 Å². The molecule has 13 heavy (non-hydrogen) atoms. The molecule has 2 N–H and O–H groups in total. The number of hydrogen-bond donors (Lipinski definition) is 2. The molecule has 0 radical (unpaired) electrons. The van der Waals surface area contributed by atoms with Crippen LogP contribution in [0.1, 0.15) is 6.42 Å². The fraction of sp³-hybridized carbons (Fsp3) is 1.00. The van der Waals surface area contributed by atoms with Gasteiger partial charge in [0.2, 0.25) is 0 Å². The Balaban J connectivity index is 1.83. The molecule has 0 amide bonds. The maximum Gasteiger partial charge on any atom is 0.0609 e. The summed E-state index contributed by atoms with van der Waals surface area (Å²) < 4.78 is 0. The van der Waals surface area contributed by atoms with E-state index in [4.69, 9.17) is 0 Å². The van der Waals surface area contributed by atoms with E-state index in [9.17, 15) is 10.2 Å². The first-order valence-electron chi connectivity index (χ1n) is 5.67. The van der Waals surface area contributed by atoms with Gasteiger partial charge in [-0.25, -0.2) is 0 Å². The van der Waals surface area contributed by atoms with Crippen LogP contribution in [-0.4, -0.2) is 22.4 Å². The number of hydrogen-bond acceptors (Lipinski definition) is 2. The molecule has 0 aromatic rings. The molecule has 10 atom stereocenters. The highest BCUT2D eigenvalue weighted by atomic mass is 16.3. The van der Waals surface area contributed by atoms with Gasteiger partial charge in [0.25, 0.3) is 0 Å². The van der Waals surface area contributed by atoms with Crippen molar-refractivity contribution in [3.8, 4) is 0 Å². The van der Waals surface area contributed by atoms with Gasteiger partial charge in [0.15, 0.2) is 0 Å². The smallest absolute Gasteiger partial charge is 0.0609 e. The number of aliphatic hydroxyl groups is 2. The van der Waals surface area contributed by atoms with E-state index in [1.807, 2.05) is 0 Å². The SMILES string of the molecule is O[C@H]1[C@H]2[C@@H]3C4[C@H]2[C@H](O)[C@H]2[C@H]1[C@@H]3C[C@H]42.